The smallest absolute Gasteiger partial charge is 0.422 e. The van der Waals surface area contributed by atoms with Gasteiger partial charge >= 0.3 is 12.0 Å². The van der Waals surface area contributed by atoms with E-state index in [1.54, 1.807) is 30.5 Å². The molecule has 1 aromatic heterocycles. The van der Waals surface area contributed by atoms with E-state index in [1.165, 1.54) is 0 Å². The number of ether oxygens (including phenoxy) is 1. The molecule has 2 atom stereocenters. The Morgan fingerprint density at radius 3 is 2.42 bits per heavy atom. The van der Waals surface area contributed by atoms with Crippen molar-refractivity contribution >= 4 is 17.8 Å². The van der Waals surface area contributed by atoms with Crippen molar-refractivity contribution in [1.82, 2.24) is 10.2 Å². The maximum Gasteiger partial charge on any atom is 0.422 e. The van der Waals surface area contributed by atoms with Gasteiger partial charge in [-0.2, -0.15) is 5.10 Å². The van der Waals surface area contributed by atoms with E-state index in [0.29, 0.717) is 31.0 Å². The normalized spacial score (nSPS) is 28.8. The van der Waals surface area contributed by atoms with Gasteiger partial charge in [0.05, 0.1) is 13.1 Å². The first-order chi connectivity index (χ1) is 16.0. The number of nitrogens with one attached hydrogen (secondary N) is 1. The van der Waals surface area contributed by atoms with Gasteiger partial charge in [0.15, 0.2) is 17.5 Å². The first kappa shape index (κ1) is 22.0. The summed E-state index contributed by atoms with van der Waals surface area (Å²) in [6.45, 7) is 1.82. The van der Waals surface area contributed by atoms with Gasteiger partial charge in [0.1, 0.15) is 6.54 Å². The van der Waals surface area contributed by atoms with Crippen LogP contribution in [0.4, 0.5) is 10.6 Å². The van der Waals surface area contributed by atoms with E-state index < -0.39 is 17.7 Å². The third-order valence-electron chi connectivity index (χ3n) is 7.88. The number of quaternary nitrogens is 1. The number of hydrogen-bond donors (Lipinski definition) is 2. The number of amides is 2. The van der Waals surface area contributed by atoms with Crippen molar-refractivity contribution in [2.75, 3.05) is 25.0 Å². The second-order valence-corrected chi connectivity index (χ2v) is 9.71. The molecule has 6 rings (SSSR count). The number of rotatable bonds is 5. The average molecular weight is 452 g/mol. The minimum Gasteiger partial charge on any atom is -0.454 e. The van der Waals surface area contributed by atoms with Gasteiger partial charge in [-0.1, -0.05) is 43.2 Å². The molecule has 3 saturated heterocycles. The van der Waals surface area contributed by atoms with E-state index in [2.05, 4.69) is 15.5 Å². The van der Waals surface area contributed by atoms with Crippen LogP contribution in [0.3, 0.4) is 0 Å². The lowest BCUT2D eigenvalue weighted by molar-refractivity contribution is -0.869. The van der Waals surface area contributed by atoms with Gasteiger partial charge in [-0.3, -0.25) is 5.32 Å². The van der Waals surface area contributed by atoms with Crippen LogP contribution in [-0.4, -0.2) is 57.5 Å². The monoisotopic (exact) mass is 451 g/mol. The largest absolute Gasteiger partial charge is 0.454 e. The summed E-state index contributed by atoms with van der Waals surface area (Å²) < 4.78 is 6.28. The Morgan fingerprint density at radius 2 is 1.76 bits per heavy atom. The maximum atomic E-state index is 13.6. The van der Waals surface area contributed by atoms with E-state index >= 15 is 0 Å². The Kier molecular flexibility index (Phi) is 5.88. The maximum absolute atomic E-state index is 13.6. The van der Waals surface area contributed by atoms with Crippen molar-refractivity contribution in [2.24, 2.45) is 11.8 Å². The first-order valence-electron chi connectivity index (χ1n) is 12.0. The molecule has 4 fully saturated rings. The molecule has 3 aliphatic heterocycles. The Balaban J connectivity index is 1.35. The molecule has 1 saturated carbocycles. The van der Waals surface area contributed by atoms with Crippen molar-refractivity contribution in [2.45, 2.75) is 50.2 Å². The highest BCUT2D eigenvalue weighted by atomic mass is 16.6. The van der Waals surface area contributed by atoms with Crippen LogP contribution in [0, 0.1) is 11.8 Å². The third-order valence-corrected chi connectivity index (χ3v) is 7.88. The van der Waals surface area contributed by atoms with Gasteiger partial charge < -0.3 is 9.84 Å². The van der Waals surface area contributed by atoms with Crippen molar-refractivity contribution in [3.63, 3.8) is 0 Å². The summed E-state index contributed by atoms with van der Waals surface area (Å²) >= 11 is 0. The Morgan fingerprint density at radius 1 is 1.03 bits per heavy atom. The number of esters is 1. The highest BCUT2D eigenvalue weighted by Crippen LogP contribution is 2.43. The molecule has 0 radical (unpaired) electrons. The fraction of sp³-hybridized carbons (Fsp3) is 0.520. The van der Waals surface area contributed by atoms with Crippen LogP contribution in [0.25, 0.3) is 0 Å². The number of aliphatic hydroxyl groups is 1. The molecule has 2 N–H and O–H groups in total. The number of urea groups is 1. The minimum atomic E-state index is -1.66. The molecule has 4 aliphatic rings. The van der Waals surface area contributed by atoms with Crippen LogP contribution in [0.5, 0.6) is 0 Å². The molecule has 2 amide bonds. The lowest BCUT2D eigenvalue weighted by Crippen LogP contribution is -2.68. The molecule has 8 heteroatoms. The molecule has 8 nitrogen and oxygen atoms in total. The summed E-state index contributed by atoms with van der Waals surface area (Å²) in [5.74, 6) is -0.110. The molecule has 2 bridgehead atoms. The second kappa shape index (κ2) is 8.83. The van der Waals surface area contributed by atoms with Gasteiger partial charge in [0.25, 0.3) is 0 Å². The predicted octanol–water partition coefficient (Wildman–Crippen LogP) is 3.24. The van der Waals surface area contributed by atoms with Crippen LogP contribution in [-0.2, 0) is 15.1 Å². The Labute approximate surface area is 193 Å². The van der Waals surface area contributed by atoms with Crippen LogP contribution in [0.15, 0.2) is 48.7 Å². The predicted molar refractivity (Wildman–Crippen MR) is 121 cm³/mol. The highest BCUT2D eigenvalue weighted by Gasteiger charge is 2.55. The van der Waals surface area contributed by atoms with Gasteiger partial charge in [-0.05, 0) is 30.5 Å². The number of benzene rings is 1. The third kappa shape index (κ3) is 4.02. The number of aromatic nitrogens is 2. The highest BCUT2D eigenvalue weighted by molar-refractivity contribution is 5.83. The SMILES string of the molecule is O=C(OC1C[N+]2(C(=O)Nc3cccnn3)CCC1CC2)[C@](O)(c1ccccc1)C1CCCC1. The molecular weight excluding hydrogens is 420 g/mol. The zero-order valence-electron chi connectivity index (χ0n) is 18.7. The second-order valence-electron chi connectivity index (χ2n) is 9.71. The molecular formula is C25H31N4O4+. The number of anilines is 1. The van der Waals surface area contributed by atoms with E-state index in [4.69, 9.17) is 4.74 Å². The van der Waals surface area contributed by atoms with E-state index in [0.717, 1.165) is 38.5 Å². The zero-order chi connectivity index (χ0) is 22.9. The number of hydrogen-bond acceptors (Lipinski definition) is 6. The van der Waals surface area contributed by atoms with Gasteiger partial charge in [0.2, 0.25) is 0 Å². The first-order valence-corrected chi connectivity index (χ1v) is 12.0. The molecule has 174 valence electrons. The van der Waals surface area contributed by atoms with Crippen molar-refractivity contribution in [3.05, 3.63) is 54.2 Å². The fourth-order valence-electron chi connectivity index (χ4n) is 5.93. The summed E-state index contributed by atoms with van der Waals surface area (Å²) in [4.78, 5) is 26.8. The number of fused-ring (bicyclic) bond motifs is 3. The summed E-state index contributed by atoms with van der Waals surface area (Å²) in [6, 6.07) is 12.4. The summed E-state index contributed by atoms with van der Waals surface area (Å²) in [6.07, 6.45) is 6.37. The molecule has 2 aromatic rings. The average Bonchev–Trinajstić information content (AvgIpc) is 3.41. The lowest BCUT2D eigenvalue weighted by Gasteiger charge is -2.49. The molecule has 1 aliphatic carbocycles. The van der Waals surface area contributed by atoms with E-state index in [1.807, 2.05) is 18.2 Å². The molecule has 0 spiro atoms. The van der Waals surface area contributed by atoms with E-state index in [-0.39, 0.29) is 22.3 Å². The van der Waals surface area contributed by atoms with Crippen LogP contribution >= 0.6 is 0 Å². The van der Waals surface area contributed by atoms with Crippen molar-refractivity contribution < 1.29 is 23.9 Å². The standard InChI is InChI=1S/C25H30N4O4/c30-23(25(32,20-9-4-5-10-20)19-7-2-1-3-8-19)33-21-17-29(15-12-18(21)13-16-29)24(31)27-22-11-6-14-26-28-22/h1-3,6-8,11,14,18,20-21,32H,4-5,9-10,12-13,15-17H2/p+1/t18?,21?,25-,29?/m0/s1. The number of piperidine rings is 3. The summed E-state index contributed by atoms with van der Waals surface area (Å²) in [5, 5.41) is 22.4. The van der Waals surface area contributed by atoms with Gasteiger partial charge in [0, 0.05) is 30.9 Å². The fourth-order valence-corrected chi connectivity index (χ4v) is 5.93. The minimum absolute atomic E-state index is 0.149. The van der Waals surface area contributed by atoms with Crippen LogP contribution in [0.1, 0.15) is 44.1 Å². The Bertz CT molecular complexity index is 988. The molecule has 1 aromatic carbocycles. The van der Waals surface area contributed by atoms with Crippen LogP contribution in [0.2, 0.25) is 0 Å². The molecule has 4 heterocycles. The summed E-state index contributed by atoms with van der Waals surface area (Å²) in [7, 11) is 0. The van der Waals surface area contributed by atoms with E-state index in [9.17, 15) is 14.7 Å². The topological polar surface area (TPSA) is 101 Å². The lowest BCUT2D eigenvalue weighted by atomic mass is 9.79. The molecule has 33 heavy (non-hydrogen) atoms. The summed E-state index contributed by atoms with van der Waals surface area (Å²) in [5.41, 5.74) is -1.07. The number of nitrogens with zero attached hydrogens (tertiary/aromatic N) is 3. The number of carbonyl (C=O) groups excluding carboxylic acids is 2. The molecule has 1 unspecified atom stereocenters. The van der Waals surface area contributed by atoms with Crippen molar-refractivity contribution in [1.29, 1.82) is 0 Å². The van der Waals surface area contributed by atoms with Crippen LogP contribution < -0.4 is 5.32 Å². The van der Waals surface area contributed by atoms with Gasteiger partial charge in [-0.25, -0.2) is 14.1 Å². The quantitative estimate of drug-likeness (QED) is 0.535. The number of carbonyl (C=O) groups is 2. The zero-order valence-corrected chi connectivity index (χ0v) is 18.7. The van der Waals surface area contributed by atoms with Crippen molar-refractivity contribution in [3.8, 4) is 0 Å². The Hall–Kier alpha value is -2.84. The van der Waals surface area contributed by atoms with Gasteiger partial charge in [-0.15, -0.1) is 5.10 Å².